The van der Waals surface area contributed by atoms with Crippen molar-refractivity contribution >= 4 is 17.9 Å². The van der Waals surface area contributed by atoms with Gasteiger partial charge in [0.2, 0.25) is 0 Å². The number of nitrogens with two attached hydrogens (primary N) is 1. The third-order valence-electron chi connectivity index (χ3n) is 3.42. The first-order valence-corrected chi connectivity index (χ1v) is 7.40. The molecular weight excluding hydrogens is 371 g/mol. The molecule has 0 aliphatic carbocycles. The van der Waals surface area contributed by atoms with Crippen molar-refractivity contribution in [3.63, 3.8) is 0 Å². The van der Waals surface area contributed by atoms with E-state index in [1.807, 2.05) is 0 Å². The number of nitrogens with one attached hydrogen (secondary N) is 1. The summed E-state index contributed by atoms with van der Waals surface area (Å²) in [5.41, 5.74) is 4.07. The monoisotopic (exact) mass is 385 g/mol. The fourth-order valence-corrected chi connectivity index (χ4v) is 2.02. The maximum atomic E-state index is 12.6. The molecule has 12 heteroatoms. The number of aromatic nitrogens is 3. The molecule has 3 amide bonds. The summed E-state index contributed by atoms with van der Waals surface area (Å²) < 4.78 is 43.8. The number of rotatable bonds is 4. The molecule has 0 bridgehead atoms. The van der Waals surface area contributed by atoms with E-state index in [4.69, 9.17) is 10.5 Å². The summed E-state index contributed by atoms with van der Waals surface area (Å²) in [6.45, 7) is 2.70. The summed E-state index contributed by atoms with van der Waals surface area (Å²) >= 11 is 0. The molecule has 0 fully saturated rings. The van der Waals surface area contributed by atoms with Crippen molar-refractivity contribution in [3.05, 3.63) is 41.3 Å². The van der Waals surface area contributed by atoms with Crippen LogP contribution in [0.3, 0.4) is 0 Å². The number of alkyl halides is 3. The number of esters is 1. The van der Waals surface area contributed by atoms with E-state index in [0.717, 1.165) is 23.0 Å². The van der Waals surface area contributed by atoms with Crippen LogP contribution in [0.5, 0.6) is 0 Å². The second kappa shape index (κ2) is 7.43. The lowest BCUT2D eigenvalue weighted by Gasteiger charge is -2.12. The number of primary amides is 1. The van der Waals surface area contributed by atoms with Gasteiger partial charge >= 0.3 is 18.2 Å². The summed E-state index contributed by atoms with van der Waals surface area (Å²) in [5.74, 6) is -1.78. The van der Waals surface area contributed by atoms with Gasteiger partial charge in [0.15, 0.2) is 11.9 Å². The van der Waals surface area contributed by atoms with Gasteiger partial charge in [0.05, 0.1) is 17.5 Å². The van der Waals surface area contributed by atoms with Crippen molar-refractivity contribution in [1.82, 2.24) is 20.1 Å². The Morgan fingerprint density at radius 1 is 1.26 bits per heavy atom. The Kier molecular flexibility index (Phi) is 5.47. The molecule has 0 aliphatic rings. The van der Waals surface area contributed by atoms with E-state index >= 15 is 0 Å². The van der Waals surface area contributed by atoms with Gasteiger partial charge in [-0.3, -0.25) is 10.1 Å². The Morgan fingerprint density at radius 2 is 1.93 bits per heavy atom. The number of halogens is 3. The summed E-state index contributed by atoms with van der Waals surface area (Å²) in [7, 11) is 0. The number of imide groups is 1. The van der Waals surface area contributed by atoms with Gasteiger partial charge in [0.25, 0.3) is 5.91 Å². The lowest BCUT2D eigenvalue weighted by molar-refractivity contribution is -0.137. The van der Waals surface area contributed by atoms with Crippen LogP contribution < -0.4 is 11.1 Å². The first kappa shape index (κ1) is 19.9. The maximum absolute atomic E-state index is 12.6. The molecule has 2 aromatic heterocycles. The van der Waals surface area contributed by atoms with E-state index < -0.39 is 35.8 Å². The summed E-state index contributed by atoms with van der Waals surface area (Å²) in [5, 5.41) is 5.66. The van der Waals surface area contributed by atoms with Gasteiger partial charge in [-0.15, -0.1) is 0 Å². The van der Waals surface area contributed by atoms with Crippen LogP contribution in [0, 0.1) is 6.92 Å². The molecule has 2 heterocycles. The van der Waals surface area contributed by atoms with E-state index in [0.29, 0.717) is 6.20 Å². The largest absolute Gasteiger partial charge is 0.449 e. The average Bonchev–Trinajstić information content (AvgIpc) is 2.95. The number of carbonyl (C=O) groups excluding carboxylic acids is 3. The highest BCUT2D eigenvalue weighted by Crippen LogP contribution is 2.28. The Morgan fingerprint density at radius 3 is 2.44 bits per heavy atom. The zero-order chi connectivity index (χ0) is 20.4. The molecule has 9 nitrogen and oxygen atoms in total. The normalized spacial score (nSPS) is 12.3. The van der Waals surface area contributed by atoms with Crippen LogP contribution in [0.15, 0.2) is 24.5 Å². The standard InChI is InChI=1S/C15H14F3N5O4/c1-7-10(13(25)27-8(2)12(24)22-14(19)26)6-21-23(7)11-4-3-9(5-20-11)15(16,17)18/h3-6,8H,1-2H3,(H3,19,22,24,26). The number of urea groups is 1. The molecular formula is C15H14F3N5O4. The van der Waals surface area contributed by atoms with E-state index in [9.17, 15) is 27.6 Å². The maximum Gasteiger partial charge on any atom is 0.417 e. The number of nitrogens with zero attached hydrogens (tertiary/aromatic N) is 3. The molecule has 0 saturated heterocycles. The minimum Gasteiger partial charge on any atom is -0.449 e. The fourth-order valence-electron chi connectivity index (χ4n) is 2.02. The van der Waals surface area contributed by atoms with Gasteiger partial charge < -0.3 is 10.5 Å². The molecule has 2 rings (SSSR count). The smallest absolute Gasteiger partial charge is 0.417 e. The molecule has 144 valence electrons. The predicted octanol–water partition coefficient (Wildman–Crippen LogP) is 1.33. The Bertz CT molecular complexity index is 877. The van der Waals surface area contributed by atoms with Gasteiger partial charge in [-0.2, -0.15) is 18.3 Å². The zero-order valence-electron chi connectivity index (χ0n) is 14.1. The molecule has 27 heavy (non-hydrogen) atoms. The third kappa shape index (κ3) is 4.59. The third-order valence-corrected chi connectivity index (χ3v) is 3.42. The molecule has 2 aromatic rings. The van der Waals surface area contributed by atoms with E-state index in [1.54, 1.807) is 5.32 Å². The van der Waals surface area contributed by atoms with E-state index in [2.05, 4.69) is 10.1 Å². The highest BCUT2D eigenvalue weighted by atomic mass is 19.4. The van der Waals surface area contributed by atoms with Crippen molar-refractivity contribution in [3.8, 4) is 5.82 Å². The lowest BCUT2D eigenvalue weighted by Crippen LogP contribution is -2.42. The van der Waals surface area contributed by atoms with Crippen molar-refractivity contribution in [2.75, 3.05) is 0 Å². The fraction of sp³-hybridized carbons (Fsp3) is 0.267. The highest BCUT2D eigenvalue weighted by Gasteiger charge is 2.31. The first-order valence-electron chi connectivity index (χ1n) is 7.40. The van der Waals surface area contributed by atoms with Crippen LogP contribution in [0.2, 0.25) is 0 Å². The highest BCUT2D eigenvalue weighted by molar-refractivity contribution is 5.98. The number of carbonyl (C=O) groups is 3. The molecule has 0 aromatic carbocycles. The van der Waals surface area contributed by atoms with E-state index in [-0.39, 0.29) is 17.1 Å². The minimum absolute atomic E-state index is 0.0320. The van der Waals surface area contributed by atoms with Crippen molar-refractivity contribution in [2.24, 2.45) is 5.73 Å². The van der Waals surface area contributed by atoms with Gasteiger partial charge in [-0.25, -0.2) is 19.3 Å². The Hall–Kier alpha value is -3.44. The Labute approximate surface area is 150 Å². The summed E-state index contributed by atoms with van der Waals surface area (Å²) in [4.78, 5) is 38.0. The average molecular weight is 385 g/mol. The van der Waals surface area contributed by atoms with E-state index in [1.165, 1.54) is 13.8 Å². The topological polar surface area (TPSA) is 129 Å². The van der Waals surface area contributed by atoms with Crippen LogP contribution >= 0.6 is 0 Å². The van der Waals surface area contributed by atoms with Gasteiger partial charge in [0.1, 0.15) is 5.56 Å². The number of hydrogen-bond acceptors (Lipinski definition) is 6. The second-order valence-corrected chi connectivity index (χ2v) is 5.36. The van der Waals surface area contributed by atoms with Gasteiger partial charge in [0, 0.05) is 6.20 Å². The lowest BCUT2D eigenvalue weighted by atomic mass is 10.2. The molecule has 1 atom stereocenters. The zero-order valence-corrected chi connectivity index (χ0v) is 14.1. The molecule has 0 radical (unpaired) electrons. The van der Waals surface area contributed by atoms with Crippen LogP contribution in [-0.2, 0) is 15.7 Å². The molecule has 0 saturated carbocycles. The van der Waals surface area contributed by atoms with Crippen LogP contribution in [0.4, 0.5) is 18.0 Å². The van der Waals surface area contributed by atoms with Crippen LogP contribution in [0.1, 0.15) is 28.5 Å². The molecule has 1 unspecified atom stereocenters. The van der Waals surface area contributed by atoms with Crippen LogP contribution in [0.25, 0.3) is 5.82 Å². The number of pyridine rings is 1. The number of amides is 3. The van der Waals surface area contributed by atoms with Crippen molar-refractivity contribution in [1.29, 1.82) is 0 Å². The molecule has 0 spiro atoms. The SMILES string of the molecule is Cc1c(C(=O)OC(C)C(=O)NC(N)=O)cnn1-c1ccc(C(F)(F)F)cn1. The van der Waals surface area contributed by atoms with Crippen LogP contribution in [-0.4, -0.2) is 38.8 Å². The number of ether oxygens (including phenoxy) is 1. The van der Waals surface area contributed by atoms with Gasteiger partial charge in [-0.05, 0) is 26.0 Å². The second-order valence-electron chi connectivity index (χ2n) is 5.36. The molecule has 0 aliphatic heterocycles. The van der Waals surface area contributed by atoms with Crippen molar-refractivity contribution < 1.29 is 32.3 Å². The number of hydrogen-bond donors (Lipinski definition) is 2. The first-order chi connectivity index (χ1) is 12.5. The summed E-state index contributed by atoms with van der Waals surface area (Å²) in [6.07, 6.45) is -4.07. The predicted molar refractivity (Wildman–Crippen MR) is 83.7 cm³/mol. The Balaban J connectivity index is 2.18. The minimum atomic E-state index is -4.53. The summed E-state index contributed by atoms with van der Waals surface area (Å²) in [6, 6.07) is 0.832. The van der Waals surface area contributed by atoms with Gasteiger partial charge in [-0.1, -0.05) is 0 Å². The quantitative estimate of drug-likeness (QED) is 0.764. The van der Waals surface area contributed by atoms with Crippen molar-refractivity contribution in [2.45, 2.75) is 26.1 Å². The molecule has 3 N–H and O–H groups in total.